The first-order chi connectivity index (χ1) is 18.7. The molecule has 0 unspecified atom stereocenters. The van der Waals surface area contributed by atoms with E-state index in [0.717, 1.165) is 18.8 Å². The summed E-state index contributed by atoms with van der Waals surface area (Å²) in [5, 5.41) is 1.27. The fourth-order valence-corrected chi connectivity index (χ4v) is 5.66. The minimum absolute atomic E-state index is 0.577. The molecule has 6 rings (SSSR count). The first kappa shape index (κ1) is 24.5. The van der Waals surface area contributed by atoms with Crippen LogP contribution in [-0.2, 0) is 19.7 Å². The van der Waals surface area contributed by atoms with E-state index in [1.807, 2.05) is 18.2 Å². The van der Waals surface area contributed by atoms with E-state index >= 15 is 0 Å². The van der Waals surface area contributed by atoms with Crippen LogP contribution in [-0.4, -0.2) is 22.6 Å². The molecule has 5 aromatic rings. The molecule has 0 bridgehead atoms. The topological polar surface area (TPSA) is 17.4 Å². The van der Waals surface area contributed by atoms with Crippen molar-refractivity contribution in [1.82, 2.24) is 9.47 Å². The van der Waals surface area contributed by atoms with Gasteiger partial charge in [-0.15, -0.1) is 0 Å². The van der Waals surface area contributed by atoms with Crippen molar-refractivity contribution >= 4 is 10.9 Å². The SMILES string of the molecule is Cc1cc(Cn2c(-c3ccc(OCc4ccccc4)cc3)cc3ccccc32)ccc1CN1CCCCC1. The van der Waals surface area contributed by atoms with Gasteiger partial charge in [0.1, 0.15) is 12.4 Å². The standard InChI is InChI=1S/C35H36N2O/c1-27-22-29(14-15-32(27)25-36-20-8-3-9-21-36)24-37-34-13-7-6-12-31(34)23-35(37)30-16-18-33(19-17-30)38-26-28-10-4-2-5-11-28/h2,4-7,10-19,22-23H,3,8-9,20-21,24-26H2,1H3. The third-order valence-corrected chi connectivity index (χ3v) is 7.80. The van der Waals surface area contributed by atoms with Gasteiger partial charge in [-0.1, -0.05) is 73.2 Å². The normalized spacial score (nSPS) is 14.1. The van der Waals surface area contributed by atoms with Crippen molar-refractivity contribution in [3.63, 3.8) is 0 Å². The first-order valence-corrected chi connectivity index (χ1v) is 13.9. The number of nitrogens with zero attached hydrogens (tertiary/aromatic N) is 2. The van der Waals surface area contributed by atoms with E-state index in [2.05, 4.69) is 101 Å². The van der Waals surface area contributed by atoms with Crippen LogP contribution in [0.1, 0.15) is 41.5 Å². The largest absolute Gasteiger partial charge is 0.489 e. The molecule has 0 saturated carbocycles. The number of ether oxygens (including phenoxy) is 1. The Bertz CT molecular complexity index is 1490. The van der Waals surface area contributed by atoms with Crippen LogP contribution < -0.4 is 4.74 Å². The Labute approximate surface area is 226 Å². The van der Waals surface area contributed by atoms with Crippen LogP contribution in [0, 0.1) is 6.92 Å². The molecule has 3 heteroatoms. The molecular weight excluding hydrogens is 464 g/mol. The molecule has 0 aliphatic carbocycles. The zero-order valence-electron chi connectivity index (χ0n) is 22.3. The van der Waals surface area contributed by atoms with Gasteiger partial charge in [-0.2, -0.15) is 0 Å². The van der Waals surface area contributed by atoms with Crippen molar-refractivity contribution in [1.29, 1.82) is 0 Å². The molecule has 0 spiro atoms. The van der Waals surface area contributed by atoms with Gasteiger partial charge in [-0.25, -0.2) is 0 Å². The number of aromatic nitrogens is 1. The van der Waals surface area contributed by atoms with Crippen LogP contribution in [0.4, 0.5) is 0 Å². The van der Waals surface area contributed by atoms with Gasteiger partial charge >= 0.3 is 0 Å². The summed E-state index contributed by atoms with van der Waals surface area (Å²) in [4.78, 5) is 2.61. The maximum atomic E-state index is 6.04. The second-order valence-electron chi connectivity index (χ2n) is 10.6. The summed E-state index contributed by atoms with van der Waals surface area (Å²) in [6.45, 7) is 7.23. The molecule has 1 aliphatic rings. The van der Waals surface area contributed by atoms with Crippen molar-refractivity contribution in [2.45, 2.75) is 45.9 Å². The minimum Gasteiger partial charge on any atom is -0.489 e. The molecule has 38 heavy (non-hydrogen) atoms. The number of rotatable bonds is 8. The number of likely N-dealkylation sites (tertiary alicyclic amines) is 1. The molecule has 3 nitrogen and oxygen atoms in total. The lowest BCUT2D eigenvalue weighted by Crippen LogP contribution is -2.29. The summed E-state index contributed by atoms with van der Waals surface area (Å²) in [5.41, 5.74) is 9.07. The molecule has 2 heterocycles. The average Bonchev–Trinajstić information content (AvgIpc) is 3.33. The Hall–Kier alpha value is -3.82. The number of fused-ring (bicyclic) bond motifs is 1. The fraction of sp³-hybridized carbons (Fsp3) is 0.257. The number of piperidine rings is 1. The van der Waals surface area contributed by atoms with E-state index in [-0.39, 0.29) is 0 Å². The third-order valence-electron chi connectivity index (χ3n) is 7.80. The summed E-state index contributed by atoms with van der Waals surface area (Å²) < 4.78 is 8.49. The van der Waals surface area contributed by atoms with Gasteiger partial charge in [0.2, 0.25) is 0 Å². The lowest BCUT2D eigenvalue weighted by Gasteiger charge is -2.27. The average molecular weight is 501 g/mol. The molecule has 1 fully saturated rings. The van der Waals surface area contributed by atoms with Gasteiger partial charge in [0.25, 0.3) is 0 Å². The summed E-state index contributed by atoms with van der Waals surface area (Å²) in [5.74, 6) is 0.889. The predicted octanol–water partition coefficient (Wildman–Crippen LogP) is 8.23. The second-order valence-corrected chi connectivity index (χ2v) is 10.6. The molecule has 0 N–H and O–H groups in total. The zero-order valence-corrected chi connectivity index (χ0v) is 22.3. The van der Waals surface area contributed by atoms with Crippen molar-refractivity contribution in [3.8, 4) is 17.0 Å². The number of benzene rings is 4. The van der Waals surface area contributed by atoms with Crippen molar-refractivity contribution in [2.24, 2.45) is 0 Å². The Morgan fingerprint density at radius 2 is 1.45 bits per heavy atom. The lowest BCUT2D eigenvalue weighted by atomic mass is 10.0. The molecule has 1 saturated heterocycles. The van der Waals surface area contributed by atoms with Crippen molar-refractivity contribution < 1.29 is 4.74 Å². The summed E-state index contributed by atoms with van der Waals surface area (Å²) >= 11 is 0. The molecular formula is C35H36N2O. The van der Waals surface area contributed by atoms with Crippen LogP contribution in [0.15, 0.2) is 103 Å². The maximum Gasteiger partial charge on any atom is 0.119 e. The number of aryl methyl sites for hydroxylation is 1. The van der Waals surface area contributed by atoms with Crippen LogP contribution >= 0.6 is 0 Å². The van der Waals surface area contributed by atoms with Crippen LogP contribution in [0.3, 0.4) is 0 Å². The third kappa shape index (κ3) is 5.54. The quantitative estimate of drug-likeness (QED) is 0.213. The Morgan fingerprint density at radius 1 is 0.684 bits per heavy atom. The van der Waals surface area contributed by atoms with E-state index in [0.29, 0.717) is 6.61 Å². The highest BCUT2D eigenvalue weighted by molar-refractivity contribution is 5.87. The molecule has 0 amide bonds. The van der Waals surface area contributed by atoms with E-state index in [9.17, 15) is 0 Å². The number of hydrogen-bond donors (Lipinski definition) is 0. The second kappa shape index (κ2) is 11.3. The first-order valence-electron chi connectivity index (χ1n) is 13.9. The Morgan fingerprint density at radius 3 is 2.24 bits per heavy atom. The van der Waals surface area contributed by atoms with E-state index in [4.69, 9.17) is 4.74 Å². The van der Waals surface area contributed by atoms with Gasteiger partial charge in [0.15, 0.2) is 0 Å². The molecule has 4 aromatic carbocycles. The van der Waals surface area contributed by atoms with Gasteiger partial charge in [-0.05, 0) is 97.1 Å². The highest BCUT2D eigenvalue weighted by Gasteiger charge is 2.14. The van der Waals surface area contributed by atoms with Crippen molar-refractivity contribution in [3.05, 3.63) is 125 Å². The van der Waals surface area contributed by atoms with Gasteiger partial charge in [0, 0.05) is 29.7 Å². The van der Waals surface area contributed by atoms with Gasteiger partial charge in [-0.3, -0.25) is 4.90 Å². The predicted molar refractivity (Wildman–Crippen MR) is 158 cm³/mol. The molecule has 192 valence electrons. The van der Waals surface area contributed by atoms with Crippen LogP contribution in [0.25, 0.3) is 22.2 Å². The van der Waals surface area contributed by atoms with E-state index in [1.165, 1.54) is 76.8 Å². The summed E-state index contributed by atoms with van der Waals surface area (Å²) in [6.07, 6.45) is 4.05. The van der Waals surface area contributed by atoms with Gasteiger partial charge < -0.3 is 9.30 Å². The zero-order chi connectivity index (χ0) is 25.7. The smallest absolute Gasteiger partial charge is 0.119 e. The van der Waals surface area contributed by atoms with Crippen LogP contribution in [0.5, 0.6) is 5.75 Å². The van der Waals surface area contributed by atoms with Crippen LogP contribution in [0.2, 0.25) is 0 Å². The monoisotopic (exact) mass is 500 g/mol. The molecule has 1 aromatic heterocycles. The minimum atomic E-state index is 0.577. The van der Waals surface area contributed by atoms with E-state index in [1.54, 1.807) is 0 Å². The summed E-state index contributed by atoms with van der Waals surface area (Å²) in [7, 11) is 0. The molecule has 1 aliphatic heterocycles. The van der Waals surface area contributed by atoms with Crippen molar-refractivity contribution in [2.75, 3.05) is 13.1 Å². The molecule has 0 radical (unpaired) electrons. The Kier molecular flexibility index (Phi) is 7.28. The maximum absolute atomic E-state index is 6.04. The van der Waals surface area contributed by atoms with E-state index < -0.39 is 0 Å². The van der Waals surface area contributed by atoms with Gasteiger partial charge in [0.05, 0.1) is 0 Å². The Balaban J connectivity index is 1.24. The highest BCUT2D eigenvalue weighted by Crippen LogP contribution is 2.31. The number of hydrogen-bond acceptors (Lipinski definition) is 2. The lowest BCUT2D eigenvalue weighted by molar-refractivity contribution is 0.220. The fourth-order valence-electron chi connectivity index (χ4n) is 5.66. The highest BCUT2D eigenvalue weighted by atomic mass is 16.5. The molecule has 0 atom stereocenters. The number of para-hydroxylation sites is 1. The summed E-state index contributed by atoms with van der Waals surface area (Å²) in [6, 6.07) is 36.9.